The van der Waals surface area contributed by atoms with E-state index in [-0.39, 0.29) is 0 Å². The Labute approximate surface area is 70.0 Å². The fraction of sp³-hybridized carbons (Fsp3) is 1.00. The van der Waals surface area contributed by atoms with Crippen LogP contribution < -0.4 is 0 Å². The Morgan fingerprint density at radius 1 is 1.70 bits per heavy atom. The zero-order valence-electron chi connectivity index (χ0n) is 6.18. The van der Waals surface area contributed by atoms with Gasteiger partial charge in [-0.05, 0) is 6.42 Å². The van der Waals surface area contributed by atoms with Crippen molar-refractivity contribution in [1.29, 1.82) is 0 Å². The molecule has 1 fully saturated rings. The molecule has 0 spiro atoms. The topological polar surface area (TPSA) is 18.5 Å². The number of halogens is 1. The third-order valence-electron chi connectivity index (χ3n) is 1.56. The van der Waals surface area contributed by atoms with E-state index in [2.05, 4.69) is 22.9 Å². The average Bonchev–Trinajstić information content (AvgIpc) is 1.84. The Balaban J connectivity index is 1.93. The van der Waals surface area contributed by atoms with Gasteiger partial charge in [0.1, 0.15) is 6.10 Å². The minimum absolute atomic E-state index is 0.367. The first kappa shape index (κ1) is 8.50. The van der Waals surface area contributed by atoms with E-state index in [1.165, 1.54) is 0 Å². The SMILES string of the molecule is CCC(Br)COC1COC1. The van der Waals surface area contributed by atoms with Gasteiger partial charge in [0, 0.05) is 4.83 Å². The highest BCUT2D eigenvalue weighted by Gasteiger charge is 2.19. The van der Waals surface area contributed by atoms with Crippen molar-refractivity contribution < 1.29 is 9.47 Å². The van der Waals surface area contributed by atoms with Crippen molar-refractivity contribution >= 4 is 15.9 Å². The lowest BCUT2D eigenvalue weighted by Gasteiger charge is -2.26. The Morgan fingerprint density at radius 2 is 2.40 bits per heavy atom. The van der Waals surface area contributed by atoms with Crippen molar-refractivity contribution in [2.45, 2.75) is 24.3 Å². The number of alkyl halides is 1. The average molecular weight is 209 g/mol. The van der Waals surface area contributed by atoms with Crippen LogP contribution in [0.3, 0.4) is 0 Å². The normalized spacial score (nSPS) is 22.2. The molecule has 3 heteroatoms. The first-order valence-electron chi connectivity index (χ1n) is 3.66. The van der Waals surface area contributed by atoms with Crippen molar-refractivity contribution in [1.82, 2.24) is 0 Å². The summed E-state index contributed by atoms with van der Waals surface area (Å²) in [6, 6.07) is 0. The molecular formula is C7H13BrO2. The van der Waals surface area contributed by atoms with Crippen molar-refractivity contribution in [3.8, 4) is 0 Å². The molecule has 1 saturated heterocycles. The molecule has 1 aliphatic heterocycles. The maximum atomic E-state index is 5.46. The summed E-state index contributed by atoms with van der Waals surface area (Å²) in [5.74, 6) is 0. The molecule has 2 nitrogen and oxygen atoms in total. The monoisotopic (exact) mass is 208 g/mol. The molecule has 1 atom stereocenters. The number of hydrogen-bond acceptors (Lipinski definition) is 2. The lowest BCUT2D eigenvalue weighted by molar-refractivity contribution is -0.128. The van der Waals surface area contributed by atoms with Crippen molar-refractivity contribution in [2.75, 3.05) is 19.8 Å². The van der Waals surface area contributed by atoms with Gasteiger partial charge in [0.15, 0.2) is 0 Å². The van der Waals surface area contributed by atoms with E-state index in [0.717, 1.165) is 26.2 Å². The summed E-state index contributed by atoms with van der Waals surface area (Å²) in [4.78, 5) is 0.507. The second kappa shape index (κ2) is 4.31. The maximum absolute atomic E-state index is 5.46. The van der Waals surface area contributed by atoms with Gasteiger partial charge in [-0.3, -0.25) is 0 Å². The van der Waals surface area contributed by atoms with E-state index in [1.807, 2.05) is 0 Å². The predicted molar refractivity (Wildman–Crippen MR) is 43.6 cm³/mol. The van der Waals surface area contributed by atoms with E-state index in [4.69, 9.17) is 9.47 Å². The van der Waals surface area contributed by atoms with Crippen LogP contribution in [0.4, 0.5) is 0 Å². The van der Waals surface area contributed by atoms with Crippen LogP contribution in [0, 0.1) is 0 Å². The Bertz CT molecular complexity index is 88.9. The molecule has 0 radical (unpaired) electrons. The minimum atomic E-state index is 0.367. The molecule has 0 amide bonds. The summed E-state index contributed by atoms with van der Waals surface area (Å²) in [5, 5.41) is 0. The van der Waals surface area contributed by atoms with Gasteiger partial charge in [0.05, 0.1) is 19.8 Å². The van der Waals surface area contributed by atoms with Crippen LogP contribution in [0.5, 0.6) is 0 Å². The fourth-order valence-corrected chi connectivity index (χ4v) is 0.821. The summed E-state index contributed by atoms with van der Waals surface area (Å²) in [6.07, 6.45) is 1.49. The predicted octanol–water partition coefficient (Wildman–Crippen LogP) is 1.58. The van der Waals surface area contributed by atoms with E-state index in [0.29, 0.717) is 10.9 Å². The lowest BCUT2D eigenvalue weighted by atomic mass is 10.3. The highest BCUT2D eigenvalue weighted by Crippen LogP contribution is 2.10. The number of hydrogen-bond donors (Lipinski definition) is 0. The third-order valence-corrected chi connectivity index (χ3v) is 2.48. The zero-order valence-corrected chi connectivity index (χ0v) is 7.76. The molecular weight excluding hydrogens is 196 g/mol. The van der Waals surface area contributed by atoms with E-state index in [9.17, 15) is 0 Å². The molecule has 0 N–H and O–H groups in total. The molecule has 1 rings (SSSR count). The van der Waals surface area contributed by atoms with Crippen LogP contribution >= 0.6 is 15.9 Å². The summed E-state index contributed by atoms with van der Waals surface area (Å²) >= 11 is 3.49. The minimum Gasteiger partial charge on any atom is -0.376 e. The molecule has 0 aromatic rings. The van der Waals surface area contributed by atoms with Crippen LogP contribution in [-0.4, -0.2) is 30.8 Å². The molecule has 0 aromatic carbocycles. The highest BCUT2D eigenvalue weighted by atomic mass is 79.9. The van der Waals surface area contributed by atoms with Gasteiger partial charge in [-0.2, -0.15) is 0 Å². The summed E-state index contributed by atoms with van der Waals surface area (Å²) < 4.78 is 10.4. The van der Waals surface area contributed by atoms with E-state index < -0.39 is 0 Å². The van der Waals surface area contributed by atoms with Crippen molar-refractivity contribution in [2.24, 2.45) is 0 Å². The van der Waals surface area contributed by atoms with Gasteiger partial charge in [-0.25, -0.2) is 0 Å². The lowest BCUT2D eigenvalue weighted by Crippen LogP contribution is -2.37. The summed E-state index contributed by atoms with van der Waals surface area (Å²) in [5.41, 5.74) is 0. The zero-order chi connectivity index (χ0) is 7.40. The molecule has 1 aliphatic rings. The smallest absolute Gasteiger partial charge is 0.104 e. The van der Waals surface area contributed by atoms with Gasteiger partial charge < -0.3 is 9.47 Å². The molecule has 1 heterocycles. The second-order valence-corrected chi connectivity index (χ2v) is 3.79. The molecule has 0 aliphatic carbocycles. The number of rotatable bonds is 4. The quantitative estimate of drug-likeness (QED) is 0.654. The molecule has 0 bridgehead atoms. The van der Waals surface area contributed by atoms with Gasteiger partial charge in [-0.15, -0.1) is 0 Å². The van der Waals surface area contributed by atoms with Gasteiger partial charge in [-0.1, -0.05) is 22.9 Å². The van der Waals surface area contributed by atoms with E-state index >= 15 is 0 Å². The van der Waals surface area contributed by atoms with Crippen molar-refractivity contribution in [3.63, 3.8) is 0 Å². The molecule has 1 unspecified atom stereocenters. The fourth-order valence-electron chi connectivity index (χ4n) is 0.669. The first-order valence-corrected chi connectivity index (χ1v) is 4.58. The van der Waals surface area contributed by atoms with Crippen LogP contribution in [0.2, 0.25) is 0 Å². The molecule has 0 aromatic heterocycles. The van der Waals surface area contributed by atoms with Gasteiger partial charge in [0.25, 0.3) is 0 Å². The first-order chi connectivity index (χ1) is 4.83. The largest absolute Gasteiger partial charge is 0.376 e. The van der Waals surface area contributed by atoms with Crippen LogP contribution in [0.25, 0.3) is 0 Å². The number of ether oxygens (including phenoxy) is 2. The molecule has 0 saturated carbocycles. The summed E-state index contributed by atoms with van der Waals surface area (Å²) in [6.45, 7) is 4.51. The van der Waals surface area contributed by atoms with Crippen LogP contribution in [0.15, 0.2) is 0 Å². The Kier molecular flexibility index (Phi) is 3.66. The Hall–Kier alpha value is 0.400. The summed E-state index contributed by atoms with van der Waals surface area (Å²) in [7, 11) is 0. The highest BCUT2D eigenvalue weighted by molar-refractivity contribution is 9.09. The van der Waals surface area contributed by atoms with Crippen molar-refractivity contribution in [3.05, 3.63) is 0 Å². The maximum Gasteiger partial charge on any atom is 0.104 e. The Morgan fingerprint density at radius 3 is 2.80 bits per heavy atom. The molecule has 10 heavy (non-hydrogen) atoms. The van der Waals surface area contributed by atoms with Crippen LogP contribution in [-0.2, 0) is 9.47 Å². The van der Waals surface area contributed by atoms with Gasteiger partial charge in [0.2, 0.25) is 0 Å². The molecule has 60 valence electrons. The standard InChI is InChI=1S/C7H13BrO2/c1-2-6(8)3-10-7-4-9-5-7/h6-7H,2-5H2,1H3. The van der Waals surface area contributed by atoms with E-state index in [1.54, 1.807) is 0 Å². The third kappa shape index (κ3) is 2.56. The van der Waals surface area contributed by atoms with Crippen LogP contribution in [0.1, 0.15) is 13.3 Å². The second-order valence-electron chi connectivity index (χ2n) is 2.50. The van der Waals surface area contributed by atoms with Gasteiger partial charge >= 0.3 is 0 Å².